The Hall–Kier alpha value is -2.13. The van der Waals surface area contributed by atoms with E-state index in [0.717, 1.165) is 19.4 Å². The first kappa shape index (κ1) is 12.6. The van der Waals surface area contributed by atoms with Gasteiger partial charge in [0.2, 0.25) is 0 Å². The standard InChI is InChI=1S/C18H17NO2/c20-18(21)16-10-5-11-19(16)17-14-8-3-1-6-12(14)13-7-2-4-9-15(13)17/h1-4,6-9,16-17H,5,10-11H2,(H,20,21). The number of carbonyl (C=O) groups is 1. The Kier molecular flexibility index (Phi) is 2.82. The van der Waals surface area contributed by atoms with Gasteiger partial charge in [-0.2, -0.15) is 0 Å². The van der Waals surface area contributed by atoms with E-state index in [4.69, 9.17) is 0 Å². The zero-order valence-electron chi connectivity index (χ0n) is 11.7. The molecular formula is C18H17NO2. The number of aliphatic carboxylic acids is 1. The second kappa shape index (κ2) is 4.71. The van der Waals surface area contributed by atoms with Crippen molar-refractivity contribution in [1.82, 2.24) is 4.90 Å². The van der Waals surface area contributed by atoms with E-state index in [1.54, 1.807) is 0 Å². The highest BCUT2D eigenvalue weighted by Crippen LogP contribution is 2.48. The molecular weight excluding hydrogens is 262 g/mol. The molecule has 2 aromatic rings. The average molecular weight is 279 g/mol. The Morgan fingerprint density at radius 3 is 2.14 bits per heavy atom. The number of carboxylic acids is 1. The predicted molar refractivity (Wildman–Crippen MR) is 81.1 cm³/mol. The maximum atomic E-state index is 11.6. The van der Waals surface area contributed by atoms with Crippen molar-refractivity contribution in [2.45, 2.75) is 24.9 Å². The molecule has 4 rings (SSSR count). The molecule has 1 atom stereocenters. The number of hydrogen-bond acceptors (Lipinski definition) is 2. The molecule has 3 nitrogen and oxygen atoms in total. The van der Waals surface area contributed by atoms with Crippen molar-refractivity contribution >= 4 is 5.97 Å². The summed E-state index contributed by atoms with van der Waals surface area (Å²) in [6.07, 6.45) is 1.70. The Labute approximate surface area is 123 Å². The first-order valence-electron chi connectivity index (χ1n) is 7.44. The van der Waals surface area contributed by atoms with Crippen molar-refractivity contribution in [3.8, 4) is 11.1 Å². The fraction of sp³-hybridized carbons (Fsp3) is 0.278. The molecule has 2 aromatic carbocycles. The zero-order chi connectivity index (χ0) is 14.4. The van der Waals surface area contributed by atoms with Crippen molar-refractivity contribution in [2.24, 2.45) is 0 Å². The summed E-state index contributed by atoms with van der Waals surface area (Å²) in [4.78, 5) is 13.7. The Morgan fingerprint density at radius 2 is 1.57 bits per heavy atom. The van der Waals surface area contributed by atoms with Gasteiger partial charge < -0.3 is 5.11 Å². The summed E-state index contributed by atoms with van der Waals surface area (Å²) in [6, 6.07) is 16.5. The van der Waals surface area contributed by atoms with E-state index in [1.807, 2.05) is 12.1 Å². The number of likely N-dealkylation sites (tertiary alicyclic amines) is 1. The lowest BCUT2D eigenvalue weighted by atomic mass is 10.0. The van der Waals surface area contributed by atoms with Gasteiger partial charge in [0.05, 0.1) is 6.04 Å². The van der Waals surface area contributed by atoms with Crippen molar-refractivity contribution in [1.29, 1.82) is 0 Å². The first-order chi connectivity index (χ1) is 10.3. The van der Waals surface area contributed by atoms with E-state index < -0.39 is 5.97 Å². The van der Waals surface area contributed by atoms with Crippen LogP contribution in [0.1, 0.15) is 30.0 Å². The van der Waals surface area contributed by atoms with Gasteiger partial charge in [0.25, 0.3) is 0 Å². The number of rotatable bonds is 2. The Bertz CT molecular complexity index is 664. The van der Waals surface area contributed by atoms with Crippen molar-refractivity contribution < 1.29 is 9.90 Å². The van der Waals surface area contributed by atoms with E-state index in [0.29, 0.717) is 0 Å². The van der Waals surface area contributed by atoms with E-state index >= 15 is 0 Å². The molecule has 1 aliphatic carbocycles. The van der Waals surface area contributed by atoms with Gasteiger partial charge in [-0.1, -0.05) is 48.5 Å². The van der Waals surface area contributed by atoms with Crippen LogP contribution in [0.3, 0.4) is 0 Å². The smallest absolute Gasteiger partial charge is 0.320 e. The summed E-state index contributed by atoms with van der Waals surface area (Å²) in [5, 5.41) is 9.50. The van der Waals surface area contributed by atoms with Gasteiger partial charge in [-0.05, 0) is 35.1 Å². The lowest BCUT2D eigenvalue weighted by molar-refractivity contribution is -0.142. The minimum Gasteiger partial charge on any atom is -0.480 e. The minimum absolute atomic E-state index is 0.0843. The minimum atomic E-state index is -0.700. The van der Waals surface area contributed by atoms with Crippen LogP contribution < -0.4 is 0 Å². The molecule has 106 valence electrons. The van der Waals surface area contributed by atoms with Gasteiger partial charge >= 0.3 is 5.97 Å². The Balaban J connectivity index is 1.87. The van der Waals surface area contributed by atoms with Gasteiger partial charge in [0.15, 0.2) is 0 Å². The molecule has 1 unspecified atom stereocenters. The van der Waals surface area contributed by atoms with E-state index in [-0.39, 0.29) is 12.1 Å². The van der Waals surface area contributed by atoms with Gasteiger partial charge in [-0.25, -0.2) is 0 Å². The molecule has 2 aliphatic rings. The molecule has 1 aliphatic heterocycles. The number of benzene rings is 2. The highest BCUT2D eigenvalue weighted by atomic mass is 16.4. The maximum absolute atomic E-state index is 11.6. The molecule has 1 fully saturated rings. The summed E-state index contributed by atoms with van der Waals surface area (Å²) in [5.41, 5.74) is 4.97. The lowest BCUT2D eigenvalue weighted by Gasteiger charge is -2.29. The molecule has 3 heteroatoms. The van der Waals surface area contributed by atoms with E-state index in [9.17, 15) is 9.90 Å². The van der Waals surface area contributed by atoms with Crippen LogP contribution in [0.2, 0.25) is 0 Å². The summed E-state index contributed by atoms with van der Waals surface area (Å²) in [7, 11) is 0. The fourth-order valence-electron chi connectivity index (χ4n) is 3.85. The summed E-state index contributed by atoms with van der Waals surface area (Å²) >= 11 is 0. The zero-order valence-corrected chi connectivity index (χ0v) is 11.7. The molecule has 0 aromatic heterocycles. The normalized spacial score (nSPS) is 21.2. The molecule has 0 saturated carbocycles. The van der Waals surface area contributed by atoms with Crippen molar-refractivity contribution in [2.75, 3.05) is 6.54 Å². The number of hydrogen-bond donors (Lipinski definition) is 1. The van der Waals surface area contributed by atoms with Crippen LogP contribution >= 0.6 is 0 Å². The maximum Gasteiger partial charge on any atom is 0.320 e. The SMILES string of the molecule is O=C(O)C1CCCN1C1c2ccccc2-c2ccccc21. The molecule has 1 N–H and O–H groups in total. The molecule has 1 saturated heterocycles. The van der Waals surface area contributed by atoms with Crippen LogP contribution in [-0.2, 0) is 4.79 Å². The lowest BCUT2D eigenvalue weighted by Crippen LogP contribution is -2.38. The quantitative estimate of drug-likeness (QED) is 0.917. The monoisotopic (exact) mass is 279 g/mol. The second-order valence-electron chi connectivity index (χ2n) is 5.81. The van der Waals surface area contributed by atoms with Crippen molar-refractivity contribution in [3.05, 3.63) is 59.7 Å². The van der Waals surface area contributed by atoms with Crippen LogP contribution in [-0.4, -0.2) is 28.6 Å². The average Bonchev–Trinajstić information content (AvgIpc) is 3.09. The summed E-state index contributed by atoms with van der Waals surface area (Å²) in [5.74, 6) is -0.700. The molecule has 0 amide bonds. The van der Waals surface area contributed by atoms with Gasteiger partial charge in [0.1, 0.15) is 6.04 Å². The van der Waals surface area contributed by atoms with Crippen LogP contribution in [0, 0.1) is 0 Å². The fourth-order valence-corrected chi connectivity index (χ4v) is 3.85. The molecule has 0 spiro atoms. The topological polar surface area (TPSA) is 40.5 Å². The molecule has 0 radical (unpaired) electrons. The first-order valence-corrected chi connectivity index (χ1v) is 7.44. The molecule has 1 heterocycles. The van der Waals surface area contributed by atoms with Crippen LogP contribution in [0.25, 0.3) is 11.1 Å². The van der Waals surface area contributed by atoms with Gasteiger partial charge in [-0.15, -0.1) is 0 Å². The van der Waals surface area contributed by atoms with E-state index in [2.05, 4.69) is 41.3 Å². The van der Waals surface area contributed by atoms with Crippen LogP contribution in [0.15, 0.2) is 48.5 Å². The third-order valence-corrected chi connectivity index (χ3v) is 4.71. The summed E-state index contributed by atoms with van der Waals surface area (Å²) < 4.78 is 0. The van der Waals surface area contributed by atoms with Gasteiger partial charge in [-0.3, -0.25) is 9.69 Å². The third-order valence-electron chi connectivity index (χ3n) is 4.71. The summed E-state index contributed by atoms with van der Waals surface area (Å²) in [6.45, 7) is 0.851. The molecule has 21 heavy (non-hydrogen) atoms. The van der Waals surface area contributed by atoms with Crippen LogP contribution in [0.5, 0.6) is 0 Å². The highest BCUT2D eigenvalue weighted by Gasteiger charge is 2.40. The molecule has 0 bridgehead atoms. The van der Waals surface area contributed by atoms with E-state index in [1.165, 1.54) is 22.3 Å². The largest absolute Gasteiger partial charge is 0.480 e. The van der Waals surface area contributed by atoms with Crippen molar-refractivity contribution in [3.63, 3.8) is 0 Å². The second-order valence-corrected chi connectivity index (χ2v) is 5.81. The van der Waals surface area contributed by atoms with Gasteiger partial charge in [0, 0.05) is 6.54 Å². The third kappa shape index (κ3) is 1.81. The number of nitrogens with zero attached hydrogens (tertiary/aromatic N) is 1. The number of carboxylic acid groups (broad SMARTS) is 1. The van der Waals surface area contributed by atoms with Crippen LogP contribution in [0.4, 0.5) is 0 Å². The Morgan fingerprint density at radius 1 is 1.00 bits per heavy atom. The highest BCUT2D eigenvalue weighted by molar-refractivity contribution is 5.80. The number of fused-ring (bicyclic) bond motifs is 3. The predicted octanol–water partition coefficient (Wildman–Crippen LogP) is 3.31.